The minimum Gasteiger partial charge on any atom is -0.456 e. The molecule has 0 aromatic heterocycles. The molecule has 0 amide bonds. The van der Waals surface area contributed by atoms with Crippen LogP contribution in [-0.2, 0) is 6.54 Å². The highest BCUT2D eigenvalue weighted by Crippen LogP contribution is 2.35. The van der Waals surface area contributed by atoms with Crippen molar-refractivity contribution in [2.24, 2.45) is 0 Å². The first-order valence-corrected chi connectivity index (χ1v) is 8.27. The summed E-state index contributed by atoms with van der Waals surface area (Å²) in [5.74, 6) is 1.45. The molecule has 2 aromatic carbocycles. The molecular weight excluding hydrogens is 373 g/mol. The Morgan fingerprint density at radius 2 is 1.95 bits per heavy atom. The molecular formula is C16H16BrCl2NO. The zero-order valence-electron chi connectivity index (χ0n) is 11.6. The maximum absolute atomic E-state index is 6.29. The molecule has 0 heterocycles. The molecule has 0 bridgehead atoms. The molecule has 112 valence electrons. The van der Waals surface area contributed by atoms with E-state index in [-0.39, 0.29) is 0 Å². The topological polar surface area (TPSA) is 21.3 Å². The largest absolute Gasteiger partial charge is 0.456 e. The zero-order chi connectivity index (χ0) is 15.2. The van der Waals surface area contributed by atoms with Gasteiger partial charge >= 0.3 is 0 Å². The van der Waals surface area contributed by atoms with E-state index < -0.39 is 0 Å². The van der Waals surface area contributed by atoms with Gasteiger partial charge in [-0.1, -0.05) is 36.2 Å². The molecule has 0 aliphatic carbocycles. The van der Waals surface area contributed by atoms with E-state index in [2.05, 4.69) is 28.2 Å². The van der Waals surface area contributed by atoms with Crippen molar-refractivity contribution in [3.05, 3.63) is 56.5 Å². The van der Waals surface area contributed by atoms with Crippen LogP contribution in [0.3, 0.4) is 0 Å². The van der Waals surface area contributed by atoms with Crippen molar-refractivity contribution < 1.29 is 4.74 Å². The van der Waals surface area contributed by atoms with E-state index in [4.69, 9.17) is 27.9 Å². The minimum absolute atomic E-state index is 0.658. The van der Waals surface area contributed by atoms with Gasteiger partial charge in [-0.15, -0.1) is 0 Å². The number of rotatable bonds is 6. The SMILES string of the molecule is CCCNCc1c(Cl)cccc1Oc1ccc(Cl)cc1Br. The molecule has 21 heavy (non-hydrogen) atoms. The quantitative estimate of drug-likeness (QED) is 0.608. The summed E-state index contributed by atoms with van der Waals surface area (Å²) in [7, 11) is 0. The van der Waals surface area contributed by atoms with Gasteiger partial charge < -0.3 is 10.1 Å². The predicted molar refractivity (Wildman–Crippen MR) is 92.7 cm³/mol. The number of halogens is 3. The third-order valence-corrected chi connectivity index (χ3v) is 4.13. The Labute approximate surface area is 143 Å². The highest BCUT2D eigenvalue weighted by Gasteiger charge is 2.11. The summed E-state index contributed by atoms with van der Waals surface area (Å²) in [5.41, 5.74) is 0.953. The lowest BCUT2D eigenvalue weighted by Crippen LogP contribution is -2.14. The van der Waals surface area contributed by atoms with Gasteiger partial charge in [0.15, 0.2) is 0 Å². The first-order chi connectivity index (χ1) is 10.1. The van der Waals surface area contributed by atoms with Gasteiger partial charge in [0.1, 0.15) is 11.5 Å². The Morgan fingerprint density at radius 3 is 2.67 bits per heavy atom. The van der Waals surface area contributed by atoms with E-state index in [1.165, 1.54) is 0 Å². The summed E-state index contributed by atoms with van der Waals surface area (Å²) >= 11 is 15.7. The van der Waals surface area contributed by atoms with Crippen LogP contribution >= 0.6 is 39.1 Å². The smallest absolute Gasteiger partial charge is 0.141 e. The zero-order valence-corrected chi connectivity index (χ0v) is 14.7. The highest BCUT2D eigenvalue weighted by atomic mass is 79.9. The van der Waals surface area contributed by atoms with E-state index in [0.29, 0.717) is 22.3 Å². The molecule has 0 aliphatic rings. The molecule has 1 N–H and O–H groups in total. The number of benzene rings is 2. The average Bonchev–Trinajstić information content (AvgIpc) is 2.45. The van der Waals surface area contributed by atoms with Crippen molar-refractivity contribution >= 4 is 39.1 Å². The van der Waals surface area contributed by atoms with Crippen LogP contribution in [0.1, 0.15) is 18.9 Å². The van der Waals surface area contributed by atoms with E-state index in [0.717, 1.165) is 28.8 Å². The predicted octanol–water partition coefficient (Wildman–Crippen LogP) is 6.05. The summed E-state index contributed by atoms with van der Waals surface area (Å²) < 4.78 is 6.78. The van der Waals surface area contributed by atoms with Crippen LogP contribution < -0.4 is 10.1 Å². The van der Waals surface area contributed by atoms with E-state index in [1.807, 2.05) is 24.3 Å². The number of hydrogen-bond donors (Lipinski definition) is 1. The summed E-state index contributed by atoms with van der Waals surface area (Å²) in [6, 6.07) is 11.1. The van der Waals surface area contributed by atoms with Gasteiger partial charge in [-0.05, 0) is 59.2 Å². The van der Waals surface area contributed by atoms with Crippen molar-refractivity contribution in [2.45, 2.75) is 19.9 Å². The Morgan fingerprint density at radius 1 is 1.14 bits per heavy atom. The molecule has 0 radical (unpaired) electrons. The molecule has 2 aromatic rings. The Bertz CT molecular complexity index is 619. The molecule has 5 heteroatoms. The fourth-order valence-corrected chi connectivity index (χ4v) is 2.87. The summed E-state index contributed by atoms with van der Waals surface area (Å²) in [5, 5.41) is 4.70. The van der Waals surface area contributed by atoms with Crippen molar-refractivity contribution in [3.8, 4) is 11.5 Å². The Hall–Kier alpha value is -0.740. The van der Waals surface area contributed by atoms with Gasteiger partial charge in [-0.25, -0.2) is 0 Å². The lowest BCUT2D eigenvalue weighted by molar-refractivity contribution is 0.470. The molecule has 0 saturated heterocycles. The average molecular weight is 389 g/mol. The van der Waals surface area contributed by atoms with Gasteiger partial charge in [0.2, 0.25) is 0 Å². The lowest BCUT2D eigenvalue weighted by Gasteiger charge is -2.14. The van der Waals surface area contributed by atoms with E-state index in [9.17, 15) is 0 Å². The Balaban J connectivity index is 2.24. The standard InChI is InChI=1S/C16H16BrCl2NO/c1-2-8-20-10-12-14(19)4-3-5-15(12)21-16-7-6-11(18)9-13(16)17/h3-7,9,20H,2,8,10H2,1H3. The van der Waals surface area contributed by atoms with E-state index in [1.54, 1.807) is 12.1 Å². The molecule has 0 atom stereocenters. The second-order valence-corrected chi connectivity index (χ2v) is 6.27. The first kappa shape index (κ1) is 16.6. The number of ether oxygens (including phenoxy) is 1. The summed E-state index contributed by atoms with van der Waals surface area (Å²) in [6.07, 6.45) is 1.07. The van der Waals surface area contributed by atoms with Crippen LogP contribution in [-0.4, -0.2) is 6.54 Å². The van der Waals surface area contributed by atoms with Gasteiger partial charge in [0, 0.05) is 22.2 Å². The van der Waals surface area contributed by atoms with Crippen LogP contribution in [0.5, 0.6) is 11.5 Å². The van der Waals surface area contributed by atoms with Crippen molar-refractivity contribution in [2.75, 3.05) is 6.54 Å². The summed E-state index contributed by atoms with van der Waals surface area (Å²) in [4.78, 5) is 0. The monoisotopic (exact) mass is 387 g/mol. The molecule has 2 nitrogen and oxygen atoms in total. The first-order valence-electron chi connectivity index (χ1n) is 6.73. The maximum Gasteiger partial charge on any atom is 0.141 e. The normalized spacial score (nSPS) is 10.7. The van der Waals surface area contributed by atoms with Gasteiger partial charge in [-0.2, -0.15) is 0 Å². The number of nitrogens with one attached hydrogen (secondary N) is 1. The van der Waals surface area contributed by atoms with Crippen LogP contribution in [0.4, 0.5) is 0 Å². The van der Waals surface area contributed by atoms with Crippen molar-refractivity contribution in [1.82, 2.24) is 5.32 Å². The van der Waals surface area contributed by atoms with Crippen LogP contribution in [0.2, 0.25) is 10.0 Å². The second kappa shape index (κ2) is 8.04. The second-order valence-electron chi connectivity index (χ2n) is 4.57. The summed E-state index contributed by atoms with van der Waals surface area (Å²) in [6.45, 7) is 3.74. The third kappa shape index (κ3) is 4.62. The Kier molecular flexibility index (Phi) is 6.37. The number of hydrogen-bond acceptors (Lipinski definition) is 2. The molecule has 2 rings (SSSR count). The molecule has 0 spiro atoms. The fourth-order valence-electron chi connectivity index (χ4n) is 1.87. The molecule has 0 fully saturated rings. The maximum atomic E-state index is 6.29. The van der Waals surface area contributed by atoms with Crippen LogP contribution in [0.25, 0.3) is 0 Å². The van der Waals surface area contributed by atoms with Crippen molar-refractivity contribution in [3.63, 3.8) is 0 Å². The molecule has 0 unspecified atom stereocenters. The van der Waals surface area contributed by atoms with Gasteiger partial charge in [0.25, 0.3) is 0 Å². The minimum atomic E-state index is 0.658. The van der Waals surface area contributed by atoms with E-state index >= 15 is 0 Å². The lowest BCUT2D eigenvalue weighted by atomic mass is 10.2. The van der Waals surface area contributed by atoms with Gasteiger partial charge in [0.05, 0.1) is 4.47 Å². The third-order valence-electron chi connectivity index (χ3n) is 2.92. The van der Waals surface area contributed by atoms with Crippen molar-refractivity contribution in [1.29, 1.82) is 0 Å². The molecule has 0 aliphatic heterocycles. The van der Waals surface area contributed by atoms with Crippen LogP contribution in [0, 0.1) is 0 Å². The van der Waals surface area contributed by atoms with Crippen LogP contribution in [0.15, 0.2) is 40.9 Å². The van der Waals surface area contributed by atoms with Gasteiger partial charge in [-0.3, -0.25) is 0 Å². The molecule has 0 saturated carbocycles. The highest BCUT2D eigenvalue weighted by molar-refractivity contribution is 9.10. The fraction of sp³-hybridized carbons (Fsp3) is 0.250.